The number of amides is 2. The van der Waals surface area contributed by atoms with Crippen molar-refractivity contribution in [3.05, 3.63) is 64.1 Å². The molecule has 0 unspecified atom stereocenters. The molecule has 2 N–H and O–H groups in total. The van der Waals surface area contributed by atoms with Gasteiger partial charge < -0.3 is 5.32 Å². The summed E-state index contributed by atoms with van der Waals surface area (Å²) in [6.07, 6.45) is 0.0660. The Hall–Kier alpha value is -2.37. The highest BCUT2D eigenvalue weighted by Gasteiger charge is 2.08. The zero-order valence-electron chi connectivity index (χ0n) is 12.8. The summed E-state index contributed by atoms with van der Waals surface area (Å²) in [6, 6.07) is 13.6. The lowest BCUT2D eigenvalue weighted by Crippen LogP contribution is -2.21. The number of nitrogens with zero attached hydrogens (tertiary/aromatic N) is 1. The van der Waals surface area contributed by atoms with Crippen LogP contribution in [-0.4, -0.2) is 17.5 Å². The minimum absolute atomic E-state index is 0.0660. The van der Waals surface area contributed by atoms with Crippen molar-refractivity contribution < 1.29 is 9.59 Å². The molecule has 0 heterocycles. The fraction of sp³-hybridized carbons (Fsp3) is 0.118. The molecule has 0 spiro atoms. The minimum atomic E-state index is -0.434. The zero-order chi connectivity index (χ0) is 17.5. The number of carbonyl (C=O) groups is 2. The van der Waals surface area contributed by atoms with E-state index >= 15 is 0 Å². The van der Waals surface area contributed by atoms with Crippen LogP contribution < -0.4 is 10.7 Å². The van der Waals surface area contributed by atoms with Crippen LogP contribution >= 0.6 is 23.2 Å². The summed E-state index contributed by atoms with van der Waals surface area (Å²) in [4.78, 5) is 23.9. The lowest BCUT2D eigenvalue weighted by Gasteiger charge is -2.06. The Morgan fingerprint density at radius 3 is 2.42 bits per heavy atom. The van der Waals surface area contributed by atoms with Crippen molar-refractivity contribution in [1.82, 2.24) is 5.43 Å². The Balaban J connectivity index is 1.89. The summed E-state index contributed by atoms with van der Waals surface area (Å²) in [5, 5.41) is 7.31. The predicted octanol–water partition coefficient (Wildman–Crippen LogP) is 4.13. The number of hydrogen-bond donors (Lipinski definition) is 2. The molecule has 24 heavy (non-hydrogen) atoms. The quantitative estimate of drug-likeness (QED) is 0.619. The Labute approximate surface area is 149 Å². The molecule has 0 atom stereocenters. The van der Waals surface area contributed by atoms with Gasteiger partial charge in [-0.1, -0.05) is 41.4 Å². The largest absolute Gasteiger partial charge is 0.326 e. The van der Waals surface area contributed by atoms with Gasteiger partial charge in [-0.05, 0) is 37.3 Å². The van der Waals surface area contributed by atoms with Crippen molar-refractivity contribution in [3.8, 4) is 0 Å². The molecule has 2 rings (SSSR count). The van der Waals surface area contributed by atoms with Gasteiger partial charge in [0.1, 0.15) is 0 Å². The fourth-order valence-electron chi connectivity index (χ4n) is 1.85. The number of halogens is 2. The first-order valence-electron chi connectivity index (χ1n) is 7.09. The third kappa shape index (κ3) is 5.37. The monoisotopic (exact) mass is 363 g/mol. The van der Waals surface area contributed by atoms with Gasteiger partial charge in [-0.3, -0.25) is 9.59 Å². The summed E-state index contributed by atoms with van der Waals surface area (Å²) >= 11 is 11.7. The highest BCUT2D eigenvalue weighted by Crippen LogP contribution is 2.22. The summed E-state index contributed by atoms with van der Waals surface area (Å²) in [7, 11) is 0. The lowest BCUT2D eigenvalue weighted by molar-refractivity contribution is -0.115. The number of hydrogen-bond acceptors (Lipinski definition) is 3. The van der Waals surface area contributed by atoms with E-state index < -0.39 is 5.91 Å². The number of rotatable bonds is 5. The average molecular weight is 364 g/mol. The van der Waals surface area contributed by atoms with E-state index in [0.717, 1.165) is 0 Å². The van der Waals surface area contributed by atoms with Crippen LogP contribution in [0.5, 0.6) is 0 Å². The smallest absolute Gasteiger partial charge is 0.271 e. The van der Waals surface area contributed by atoms with E-state index in [9.17, 15) is 9.59 Å². The molecule has 2 amide bonds. The topological polar surface area (TPSA) is 70.6 Å². The molecule has 124 valence electrons. The van der Waals surface area contributed by atoms with E-state index in [1.807, 2.05) is 18.2 Å². The van der Waals surface area contributed by atoms with Crippen LogP contribution in [0.15, 0.2) is 53.6 Å². The molecule has 2 aromatic rings. The molecule has 0 saturated carbocycles. The van der Waals surface area contributed by atoms with Gasteiger partial charge in [-0.2, -0.15) is 5.10 Å². The van der Waals surface area contributed by atoms with Crippen LogP contribution in [-0.2, 0) is 4.79 Å². The van der Waals surface area contributed by atoms with E-state index in [0.29, 0.717) is 22.0 Å². The molecule has 0 fully saturated rings. The minimum Gasteiger partial charge on any atom is -0.326 e. The maximum absolute atomic E-state index is 12.0. The van der Waals surface area contributed by atoms with E-state index in [1.54, 1.807) is 19.1 Å². The van der Waals surface area contributed by atoms with Gasteiger partial charge in [0.05, 0.1) is 16.5 Å². The van der Waals surface area contributed by atoms with Crippen LogP contribution in [0.4, 0.5) is 5.69 Å². The molecule has 0 aromatic heterocycles. The van der Waals surface area contributed by atoms with Crippen LogP contribution in [0, 0.1) is 0 Å². The van der Waals surface area contributed by atoms with Crippen LogP contribution in [0.1, 0.15) is 23.7 Å². The van der Waals surface area contributed by atoms with Gasteiger partial charge in [-0.15, -0.1) is 0 Å². The third-order valence-corrected chi connectivity index (χ3v) is 3.74. The number of hydrazone groups is 1. The van der Waals surface area contributed by atoms with Crippen molar-refractivity contribution in [2.75, 3.05) is 5.32 Å². The summed E-state index contributed by atoms with van der Waals surface area (Å²) in [5.41, 5.74) is 3.88. The Bertz CT molecular complexity index is 777. The SMILES string of the molecule is C/C(CC(=O)Nc1ccccc1)=N\NC(=O)c1ccc(Cl)c(Cl)c1. The molecular formula is C17H15Cl2N3O2. The van der Waals surface area contributed by atoms with Crippen LogP contribution in [0.2, 0.25) is 10.0 Å². The predicted molar refractivity (Wildman–Crippen MR) is 96.7 cm³/mol. The van der Waals surface area contributed by atoms with Crippen molar-refractivity contribution >= 4 is 46.4 Å². The second kappa shape index (κ2) is 8.47. The maximum atomic E-state index is 12.0. The molecule has 2 aromatic carbocycles. The van der Waals surface area contributed by atoms with Gasteiger partial charge in [0, 0.05) is 17.0 Å². The van der Waals surface area contributed by atoms with Gasteiger partial charge in [0.15, 0.2) is 0 Å². The second-order valence-electron chi connectivity index (χ2n) is 5.01. The number of benzene rings is 2. The lowest BCUT2D eigenvalue weighted by atomic mass is 10.2. The zero-order valence-corrected chi connectivity index (χ0v) is 14.4. The maximum Gasteiger partial charge on any atom is 0.271 e. The Kier molecular flexibility index (Phi) is 6.35. The van der Waals surface area contributed by atoms with Gasteiger partial charge in [-0.25, -0.2) is 5.43 Å². The molecule has 0 aliphatic carbocycles. The summed E-state index contributed by atoms with van der Waals surface area (Å²) < 4.78 is 0. The highest BCUT2D eigenvalue weighted by molar-refractivity contribution is 6.42. The molecule has 0 bridgehead atoms. The standard InChI is InChI=1S/C17H15Cl2N3O2/c1-11(9-16(23)20-13-5-3-2-4-6-13)21-22-17(24)12-7-8-14(18)15(19)10-12/h2-8,10H,9H2,1H3,(H,20,23)(H,22,24)/b21-11+. The highest BCUT2D eigenvalue weighted by atomic mass is 35.5. The third-order valence-electron chi connectivity index (χ3n) is 3.00. The van der Waals surface area contributed by atoms with Gasteiger partial charge in [0.2, 0.25) is 5.91 Å². The van der Waals surface area contributed by atoms with Crippen molar-refractivity contribution in [2.45, 2.75) is 13.3 Å². The van der Waals surface area contributed by atoms with Crippen molar-refractivity contribution in [3.63, 3.8) is 0 Å². The average Bonchev–Trinajstić information content (AvgIpc) is 2.56. The normalized spacial score (nSPS) is 11.0. The second-order valence-corrected chi connectivity index (χ2v) is 5.82. The Morgan fingerprint density at radius 1 is 1.04 bits per heavy atom. The molecule has 0 aliphatic rings. The van der Waals surface area contributed by atoms with E-state index in [2.05, 4.69) is 15.8 Å². The molecule has 0 aliphatic heterocycles. The summed E-state index contributed by atoms with van der Waals surface area (Å²) in [6.45, 7) is 1.65. The fourth-order valence-corrected chi connectivity index (χ4v) is 2.14. The molecule has 5 nitrogen and oxygen atoms in total. The van der Waals surface area contributed by atoms with Crippen LogP contribution in [0.25, 0.3) is 0 Å². The first kappa shape index (κ1) is 18.0. The molecule has 7 heteroatoms. The number of para-hydroxylation sites is 1. The van der Waals surface area contributed by atoms with E-state index in [-0.39, 0.29) is 17.4 Å². The van der Waals surface area contributed by atoms with Gasteiger partial charge >= 0.3 is 0 Å². The molecular weight excluding hydrogens is 349 g/mol. The molecule has 0 radical (unpaired) electrons. The van der Waals surface area contributed by atoms with Gasteiger partial charge in [0.25, 0.3) is 5.91 Å². The van der Waals surface area contributed by atoms with Crippen molar-refractivity contribution in [2.24, 2.45) is 5.10 Å². The first-order chi connectivity index (χ1) is 11.5. The van der Waals surface area contributed by atoms with Crippen LogP contribution in [0.3, 0.4) is 0 Å². The van der Waals surface area contributed by atoms with Crippen molar-refractivity contribution in [1.29, 1.82) is 0 Å². The number of anilines is 1. The molecule has 0 saturated heterocycles. The first-order valence-corrected chi connectivity index (χ1v) is 7.85. The number of nitrogens with one attached hydrogen (secondary N) is 2. The summed E-state index contributed by atoms with van der Waals surface area (Å²) in [5.74, 6) is -0.650. The Morgan fingerprint density at radius 2 is 1.75 bits per heavy atom. The van der Waals surface area contributed by atoms with E-state index in [1.165, 1.54) is 18.2 Å². The number of carbonyl (C=O) groups excluding carboxylic acids is 2. The van der Waals surface area contributed by atoms with E-state index in [4.69, 9.17) is 23.2 Å².